The van der Waals surface area contributed by atoms with Crippen molar-refractivity contribution in [1.82, 2.24) is 15.6 Å². The van der Waals surface area contributed by atoms with Crippen molar-refractivity contribution in [2.45, 2.75) is 45.2 Å². The lowest BCUT2D eigenvalue weighted by Crippen LogP contribution is -2.50. The topological polar surface area (TPSA) is 94.2 Å². The van der Waals surface area contributed by atoms with E-state index >= 15 is 0 Å². The molecule has 4 N–H and O–H groups in total. The van der Waals surface area contributed by atoms with E-state index in [9.17, 15) is 14.0 Å². The standard InChI is InChI=1S/C18H24FN3O3/c1-3-14(6-7-23)22-18(25)17(21-11(2)24)8-12-10-20-16-9-13(19)4-5-15(12)16/h4-5,9-10,14,17,20,23H,3,6-8H2,1-2H3,(H,21,24)(H,22,25). The van der Waals surface area contributed by atoms with Crippen LogP contribution in [-0.2, 0) is 16.0 Å². The smallest absolute Gasteiger partial charge is 0.243 e. The lowest BCUT2D eigenvalue weighted by Gasteiger charge is -2.22. The highest BCUT2D eigenvalue weighted by atomic mass is 19.1. The van der Waals surface area contributed by atoms with Gasteiger partial charge in [0.25, 0.3) is 0 Å². The molecular formula is C18H24FN3O3. The Morgan fingerprint density at radius 1 is 1.32 bits per heavy atom. The Kier molecular flexibility index (Phi) is 6.52. The second-order valence-corrected chi connectivity index (χ2v) is 6.09. The lowest BCUT2D eigenvalue weighted by molar-refractivity contribution is -0.128. The summed E-state index contributed by atoms with van der Waals surface area (Å²) in [6, 6.07) is 3.52. The molecule has 2 aromatic rings. The highest BCUT2D eigenvalue weighted by Gasteiger charge is 2.23. The fraction of sp³-hybridized carbons (Fsp3) is 0.444. The van der Waals surface area contributed by atoms with E-state index in [1.54, 1.807) is 12.3 Å². The summed E-state index contributed by atoms with van der Waals surface area (Å²) in [5.74, 6) is -0.944. The number of aliphatic hydroxyl groups is 1. The zero-order valence-electron chi connectivity index (χ0n) is 14.4. The van der Waals surface area contributed by atoms with Gasteiger partial charge in [-0.1, -0.05) is 6.92 Å². The molecule has 0 radical (unpaired) electrons. The number of benzene rings is 1. The number of aliphatic hydroxyl groups excluding tert-OH is 1. The summed E-state index contributed by atoms with van der Waals surface area (Å²) in [6.45, 7) is 3.26. The van der Waals surface area contributed by atoms with Crippen LogP contribution in [0.5, 0.6) is 0 Å². The first kappa shape index (κ1) is 18.9. The molecule has 7 heteroatoms. The van der Waals surface area contributed by atoms with Crippen LogP contribution in [-0.4, -0.2) is 40.6 Å². The highest BCUT2D eigenvalue weighted by Crippen LogP contribution is 2.20. The van der Waals surface area contributed by atoms with Crippen LogP contribution in [0.15, 0.2) is 24.4 Å². The van der Waals surface area contributed by atoms with Crippen molar-refractivity contribution in [3.63, 3.8) is 0 Å². The number of aromatic nitrogens is 1. The van der Waals surface area contributed by atoms with Crippen LogP contribution in [0, 0.1) is 5.82 Å². The quantitative estimate of drug-likeness (QED) is 0.583. The minimum absolute atomic E-state index is 0.0163. The van der Waals surface area contributed by atoms with Gasteiger partial charge in [0.15, 0.2) is 0 Å². The second-order valence-electron chi connectivity index (χ2n) is 6.09. The monoisotopic (exact) mass is 349 g/mol. The summed E-state index contributed by atoms with van der Waals surface area (Å²) >= 11 is 0. The van der Waals surface area contributed by atoms with Crippen LogP contribution in [0.25, 0.3) is 10.9 Å². The molecule has 0 aliphatic carbocycles. The molecule has 0 spiro atoms. The Bertz CT molecular complexity index is 744. The van der Waals surface area contributed by atoms with Gasteiger partial charge in [0.1, 0.15) is 11.9 Å². The Morgan fingerprint density at radius 3 is 2.72 bits per heavy atom. The Morgan fingerprint density at radius 2 is 2.08 bits per heavy atom. The van der Waals surface area contributed by atoms with Crippen LogP contribution in [0.3, 0.4) is 0 Å². The zero-order chi connectivity index (χ0) is 18.4. The van der Waals surface area contributed by atoms with Gasteiger partial charge in [0.2, 0.25) is 11.8 Å². The molecule has 1 heterocycles. The molecule has 136 valence electrons. The van der Waals surface area contributed by atoms with E-state index in [0.29, 0.717) is 18.4 Å². The summed E-state index contributed by atoms with van der Waals surface area (Å²) in [5.41, 5.74) is 1.46. The molecule has 2 rings (SSSR count). The first-order valence-corrected chi connectivity index (χ1v) is 8.38. The predicted molar refractivity (Wildman–Crippen MR) is 93.5 cm³/mol. The van der Waals surface area contributed by atoms with Crippen LogP contribution >= 0.6 is 0 Å². The maximum atomic E-state index is 13.3. The fourth-order valence-electron chi connectivity index (χ4n) is 2.84. The number of hydrogen-bond acceptors (Lipinski definition) is 3. The van der Waals surface area contributed by atoms with Crippen molar-refractivity contribution in [2.24, 2.45) is 0 Å². The fourth-order valence-corrected chi connectivity index (χ4v) is 2.84. The molecule has 25 heavy (non-hydrogen) atoms. The summed E-state index contributed by atoms with van der Waals surface area (Å²) in [4.78, 5) is 27.0. The van der Waals surface area contributed by atoms with Crippen LogP contribution in [0.4, 0.5) is 4.39 Å². The predicted octanol–water partition coefficient (Wildman–Crippen LogP) is 1.63. The van der Waals surface area contributed by atoms with Gasteiger partial charge in [0, 0.05) is 43.1 Å². The number of rotatable bonds is 8. The first-order valence-electron chi connectivity index (χ1n) is 8.38. The summed E-state index contributed by atoms with van der Waals surface area (Å²) in [6.07, 6.45) is 3.15. The van der Waals surface area contributed by atoms with Crippen LogP contribution in [0.1, 0.15) is 32.3 Å². The summed E-state index contributed by atoms with van der Waals surface area (Å²) in [7, 11) is 0. The maximum Gasteiger partial charge on any atom is 0.243 e. The number of amides is 2. The maximum absolute atomic E-state index is 13.3. The SMILES string of the molecule is CCC(CCO)NC(=O)C(Cc1c[nH]c2cc(F)ccc12)NC(C)=O. The van der Waals surface area contributed by atoms with Gasteiger partial charge in [0.05, 0.1) is 0 Å². The minimum Gasteiger partial charge on any atom is -0.396 e. The summed E-state index contributed by atoms with van der Waals surface area (Å²) in [5, 5.41) is 15.4. The van der Waals surface area contributed by atoms with E-state index < -0.39 is 6.04 Å². The van der Waals surface area contributed by atoms with Gasteiger partial charge >= 0.3 is 0 Å². The molecule has 2 unspecified atom stereocenters. The molecule has 1 aromatic heterocycles. The van der Waals surface area contributed by atoms with Gasteiger partial charge < -0.3 is 20.7 Å². The molecule has 2 atom stereocenters. The lowest BCUT2D eigenvalue weighted by atomic mass is 10.0. The van der Waals surface area contributed by atoms with Crippen molar-refractivity contribution >= 4 is 22.7 Å². The van der Waals surface area contributed by atoms with Gasteiger partial charge in [-0.05, 0) is 36.6 Å². The Hall–Kier alpha value is -2.41. The molecule has 2 amide bonds. The van der Waals surface area contributed by atoms with E-state index in [1.165, 1.54) is 19.1 Å². The van der Waals surface area contributed by atoms with Gasteiger partial charge in [-0.15, -0.1) is 0 Å². The van der Waals surface area contributed by atoms with E-state index in [-0.39, 0.29) is 36.7 Å². The molecule has 0 fully saturated rings. The number of fused-ring (bicyclic) bond motifs is 1. The zero-order valence-corrected chi connectivity index (χ0v) is 14.4. The molecule has 0 saturated carbocycles. The third kappa shape index (κ3) is 5.03. The number of carbonyl (C=O) groups excluding carboxylic acids is 2. The number of nitrogens with one attached hydrogen (secondary N) is 3. The molecule has 6 nitrogen and oxygen atoms in total. The van der Waals surface area contributed by atoms with E-state index in [4.69, 9.17) is 5.11 Å². The van der Waals surface area contributed by atoms with Crippen molar-refractivity contribution < 1.29 is 19.1 Å². The first-order chi connectivity index (χ1) is 11.9. The molecule has 0 saturated heterocycles. The highest BCUT2D eigenvalue weighted by molar-refractivity contribution is 5.89. The van der Waals surface area contributed by atoms with Crippen molar-refractivity contribution in [1.29, 1.82) is 0 Å². The number of carbonyl (C=O) groups is 2. The van der Waals surface area contributed by atoms with E-state index in [0.717, 1.165) is 10.9 Å². The van der Waals surface area contributed by atoms with Gasteiger partial charge in [-0.25, -0.2) is 4.39 Å². The Balaban J connectivity index is 2.18. The molecular weight excluding hydrogens is 325 g/mol. The van der Waals surface area contributed by atoms with Crippen molar-refractivity contribution in [2.75, 3.05) is 6.61 Å². The third-order valence-electron chi connectivity index (χ3n) is 4.16. The van der Waals surface area contributed by atoms with Crippen molar-refractivity contribution in [3.05, 3.63) is 35.8 Å². The molecule has 0 aliphatic heterocycles. The third-order valence-corrected chi connectivity index (χ3v) is 4.16. The van der Waals surface area contributed by atoms with E-state index in [1.807, 2.05) is 6.92 Å². The van der Waals surface area contributed by atoms with E-state index in [2.05, 4.69) is 15.6 Å². The number of hydrogen-bond donors (Lipinski definition) is 4. The van der Waals surface area contributed by atoms with Crippen LogP contribution < -0.4 is 10.6 Å². The van der Waals surface area contributed by atoms with Crippen molar-refractivity contribution in [3.8, 4) is 0 Å². The average Bonchev–Trinajstić information content (AvgIpc) is 2.95. The molecule has 1 aromatic carbocycles. The molecule has 0 bridgehead atoms. The van der Waals surface area contributed by atoms with Crippen LogP contribution in [0.2, 0.25) is 0 Å². The number of halogens is 1. The van der Waals surface area contributed by atoms with Gasteiger partial charge in [-0.2, -0.15) is 0 Å². The minimum atomic E-state index is -0.741. The normalized spacial score (nSPS) is 13.4. The molecule has 0 aliphatic rings. The summed E-state index contributed by atoms with van der Waals surface area (Å²) < 4.78 is 13.3. The Labute approximate surface area is 145 Å². The number of aromatic amines is 1. The van der Waals surface area contributed by atoms with Gasteiger partial charge in [-0.3, -0.25) is 9.59 Å². The largest absolute Gasteiger partial charge is 0.396 e. The average molecular weight is 349 g/mol. The second kappa shape index (κ2) is 8.62. The number of H-pyrrole nitrogens is 1.